The molecule has 7 heteroatoms. The number of halogens is 1. The minimum Gasteiger partial charge on any atom is -0.324 e. The lowest BCUT2D eigenvalue weighted by Crippen LogP contribution is -2.07. The van der Waals surface area contributed by atoms with Crippen LogP contribution in [0, 0.1) is 5.82 Å². The highest BCUT2D eigenvalue weighted by atomic mass is 32.2. The van der Waals surface area contributed by atoms with Crippen LogP contribution in [0.15, 0.2) is 31.8 Å². The maximum absolute atomic E-state index is 13.9. The Morgan fingerprint density at radius 2 is 2.06 bits per heavy atom. The monoisotopic (exact) mass is 301 g/mol. The van der Waals surface area contributed by atoms with Gasteiger partial charge in [-0.15, -0.1) is 10.2 Å². The molecule has 0 radical (unpaired) electrons. The van der Waals surface area contributed by atoms with Crippen molar-refractivity contribution in [2.75, 3.05) is 6.26 Å². The molecule has 0 aliphatic rings. The Kier molecular flexibility index (Phi) is 4.60. The van der Waals surface area contributed by atoms with Gasteiger partial charge >= 0.3 is 0 Å². The minimum atomic E-state index is -0.268. The molecular weight excluding hydrogens is 289 g/mol. The van der Waals surface area contributed by atoms with E-state index in [-0.39, 0.29) is 11.9 Å². The molecule has 0 saturated heterocycles. The topological polar surface area (TPSA) is 51.8 Å². The van der Waals surface area contributed by atoms with Crippen LogP contribution in [0.1, 0.15) is 18.5 Å². The van der Waals surface area contributed by atoms with Gasteiger partial charge < -0.3 is 5.73 Å². The summed E-state index contributed by atoms with van der Waals surface area (Å²) in [7, 11) is 0. The summed E-state index contributed by atoms with van der Waals surface area (Å²) in [5.74, 6) is -0.268. The molecule has 1 aromatic carbocycles. The number of hydrogen-bond acceptors (Lipinski definition) is 6. The van der Waals surface area contributed by atoms with Gasteiger partial charge in [-0.3, -0.25) is 0 Å². The number of nitrogens with zero attached hydrogens (tertiary/aromatic N) is 2. The molecule has 2 aromatic rings. The van der Waals surface area contributed by atoms with Gasteiger partial charge in [0.1, 0.15) is 5.82 Å². The molecule has 0 bridgehead atoms. The van der Waals surface area contributed by atoms with Crippen LogP contribution in [-0.4, -0.2) is 16.5 Å². The molecule has 0 amide bonds. The molecule has 18 heavy (non-hydrogen) atoms. The average Bonchev–Trinajstić information content (AvgIpc) is 2.79. The number of nitrogens with two attached hydrogens (primary N) is 1. The van der Waals surface area contributed by atoms with Crippen LogP contribution < -0.4 is 5.73 Å². The van der Waals surface area contributed by atoms with Crippen molar-refractivity contribution in [3.05, 3.63) is 29.6 Å². The smallest absolute Gasteiger partial charge is 0.179 e. The van der Waals surface area contributed by atoms with Gasteiger partial charge in [-0.1, -0.05) is 47.0 Å². The third kappa shape index (κ3) is 3.03. The lowest BCUT2D eigenvalue weighted by Gasteiger charge is -2.11. The molecule has 0 aliphatic carbocycles. The SMILES string of the molecule is CSc1nnc(Sc2c(F)cccc2C(C)N)s1. The number of benzene rings is 1. The van der Waals surface area contributed by atoms with Crippen molar-refractivity contribution in [2.24, 2.45) is 5.73 Å². The molecule has 1 unspecified atom stereocenters. The lowest BCUT2D eigenvalue weighted by atomic mass is 10.1. The summed E-state index contributed by atoms with van der Waals surface area (Å²) in [6.45, 7) is 1.84. The van der Waals surface area contributed by atoms with E-state index >= 15 is 0 Å². The first-order valence-electron chi connectivity index (χ1n) is 5.21. The highest BCUT2D eigenvalue weighted by Gasteiger charge is 2.15. The second-order valence-corrected chi connectivity index (χ2v) is 6.88. The molecule has 0 aliphatic heterocycles. The van der Waals surface area contributed by atoms with Crippen molar-refractivity contribution in [3.63, 3.8) is 0 Å². The molecule has 0 saturated carbocycles. The van der Waals surface area contributed by atoms with Crippen molar-refractivity contribution in [3.8, 4) is 0 Å². The predicted octanol–water partition coefficient (Wildman–Crippen LogP) is 3.57. The van der Waals surface area contributed by atoms with Gasteiger partial charge in [0.25, 0.3) is 0 Å². The van der Waals surface area contributed by atoms with Gasteiger partial charge in [-0.05, 0) is 24.8 Å². The second kappa shape index (κ2) is 6.01. The first-order valence-corrected chi connectivity index (χ1v) is 8.07. The molecule has 0 fully saturated rings. The van der Waals surface area contributed by atoms with Crippen LogP contribution in [-0.2, 0) is 0 Å². The molecule has 1 atom stereocenters. The second-order valence-electron chi connectivity index (χ2n) is 3.59. The van der Waals surface area contributed by atoms with Crippen LogP contribution in [0.4, 0.5) is 4.39 Å². The maximum atomic E-state index is 13.9. The number of aromatic nitrogens is 2. The van der Waals surface area contributed by atoms with Crippen LogP contribution in [0.25, 0.3) is 0 Å². The van der Waals surface area contributed by atoms with E-state index in [9.17, 15) is 4.39 Å². The molecule has 0 spiro atoms. The number of rotatable bonds is 4. The zero-order valence-electron chi connectivity index (χ0n) is 9.88. The van der Waals surface area contributed by atoms with Crippen LogP contribution in [0.5, 0.6) is 0 Å². The molecule has 1 heterocycles. The zero-order chi connectivity index (χ0) is 13.1. The van der Waals surface area contributed by atoms with Gasteiger partial charge in [0.15, 0.2) is 8.68 Å². The Morgan fingerprint density at radius 1 is 1.33 bits per heavy atom. The Labute approximate surface area is 117 Å². The summed E-state index contributed by atoms with van der Waals surface area (Å²) >= 11 is 4.26. The fourth-order valence-corrected chi connectivity index (χ4v) is 4.01. The largest absolute Gasteiger partial charge is 0.324 e. The number of thioether (sulfide) groups is 1. The summed E-state index contributed by atoms with van der Waals surface area (Å²) in [6.07, 6.45) is 1.94. The van der Waals surface area contributed by atoms with Crippen molar-refractivity contribution < 1.29 is 4.39 Å². The first kappa shape index (κ1) is 13.8. The summed E-state index contributed by atoms with van der Waals surface area (Å²) in [5, 5.41) is 8.02. The molecule has 2 rings (SSSR count). The summed E-state index contributed by atoms with van der Waals surface area (Å²) in [4.78, 5) is 0.538. The highest BCUT2D eigenvalue weighted by Crippen LogP contribution is 2.37. The summed E-state index contributed by atoms with van der Waals surface area (Å²) < 4.78 is 15.5. The standard InChI is InChI=1S/C11H12FN3S3/c1-6(13)7-4-3-5-8(12)9(7)17-11-15-14-10(16-2)18-11/h3-6H,13H2,1-2H3. The van der Waals surface area contributed by atoms with E-state index in [1.165, 1.54) is 40.9 Å². The number of hydrogen-bond donors (Lipinski definition) is 1. The third-order valence-electron chi connectivity index (χ3n) is 2.24. The Bertz CT molecular complexity index is 542. The van der Waals surface area contributed by atoms with Crippen molar-refractivity contribution in [1.29, 1.82) is 0 Å². The van der Waals surface area contributed by atoms with E-state index in [2.05, 4.69) is 10.2 Å². The van der Waals surface area contributed by atoms with Crippen molar-refractivity contribution in [1.82, 2.24) is 10.2 Å². The molecule has 2 N–H and O–H groups in total. The Morgan fingerprint density at radius 3 is 2.67 bits per heavy atom. The summed E-state index contributed by atoms with van der Waals surface area (Å²) in [5.41, 5.74) is 6.64. The molecular formula is C11H12FN3S3. The van der Waals surface area contributed by atoms with Gasteiger partial charge in [-0.2, -0.15) is 0 Å². The van der Waals surface area contributed by atoms with E-state index < -0.39 is 0 Å². The molecule has 3 nitrogen and oxygen atoms in total. The van der Waals surface area contributed by atoms with Crippen molar-refractivity contribution >= 4 is 34.9 Å². The Hall–Kier alpha value is -0.630. The van der Waals surface area contributed by atoms with Gasteiger partial charge in [-0.25, -0.2) is 4.39 Å². The minimum absolute atomic E-state index is 0.212. The highest BCUT2D eigenvalue weighted by molar-refractivity contribution is 8.03. The van der Waals surface area contributed by atoms with Gasteiger partial charge in [0.05, 0.1) is 4.90 Å². The predicted molar refractivity (Wildman–Crippen MR) is 74.8 cm³/mol. The fraction of sp³-hybridized carbons (Fsp3) is 0.273. The zero-order valence-corrected chi connectivity index (χ0v) is 12.3. The first-order chi connectivity index (χ1) is 8.61. The van der Waals surface area contributed by atoms with E-state index in [1.807, 2.05) is 19.2 Å². The van der Waals surface area contributed by atoms with Crippen molar-refractivity contribution in [2.45, 2.75) is 26.5 Å². The van der Waals surface area contributed by atoms with E-state index in [1.54, 1.807) is 6.07 Å². The quantitative estimate of drug-likeness (QED) is 0.875. The normalized spacial score (nSPS) is 12.7. The fourth-order valence-electron chi connectivity index (χ4n) is 1.40. The van der Waals surface area contributed by atoms with Gasteiger partial charge in [0.2, 0.25) is 0 Å². The average molecular weight is 301 g/mol. The Balaban J connectivity index is 2.33. The molecule has 1 aromatic heterocycles. The van der Waals surface area contributed by atoms with E-state index in [0.717, 1.165) is 14.2 Å². The molecule has 96 valence electrons. The van der Waals surface area contributed by atoms with E-state index in [4.69, 9.17) is 5.73 Å². The maximum Gasteiger partial charge on any atom is 0.179 e. The van der Waals surface area contributed by atoms with Gasteiger partial charge in [0, 0.05) is 6.04 Å². The van der Waals surface area contributed by atoms with Crippen LogP contribution in [0.2, 0.25) is 0 Å². The van der Waals surface area contributed by atoms with E-state index in [0.29, 0.717) is 4.90 Å². The summed E-state index contributed by atoms with van der Waals surface area (Å²) in [6, 6.07) is 4.74. The van der Waals surface area contributed by atoms with Crippen LogP contribution in [0.3, 0.4) is 0 Å². The lowest BCUT2D eigenvalue weighted by molar-refractivity contribution is 0.591. The van der Waals surface area contributed by atoms with Crippen LogP contribution >= 0.6 is 34.9 Å². The third-order valence-corrected chi connectivity index (χ3v) is 5.32.